The Morgan fingerprint density at radius 2 is 1.84 bits per heavy atom. The summed E-state index contributed by atoms with van der Waals surface area (Å²) in [6.45, 7) is 1.54. The summed E-state index contributed by atoms with van der Waals surface area (Å²) in [4.78, 5) is 42.5. The van der Waals surface area contributed by atoms with E-state index in [9.17, 15) is 18.8 Å². The van der Waals surface area contributed by atoms with Crippen LogP contribution in [0.1, 0.15) is 65.2 Å². The van der Waals surface area contributed by atoms with Gasteiger partial charge in [0.15, 0.2) is 5.58 Å². The molecule has 1 aromatic heterocycles. The van der Waals surface area contributed by atoms with Crippen LogP contribution in [0.4, 0.5) is 13.2 Å². The number of halogens is 3. The van der Waals surface area contributed by atoms with E-state index in [1.165, 1.54) is 17.0 Å². The van der Waals surface area contributed by atoms with E-state index in [4.69, 9.17) is 4.52 Å². The summed E-state index contributed by atoms with van der Waals surface area (Å²) in [7, 11) is 0. The molecule has 5 heterocycles. The molecule has 9 nitrogen and oxygen atoms in total. The molecule has 2 atom stereocenters. The number of hydrogen-bond acceptors (Lipinski definition) is 7. The van der Waals surface area contributed by atoms with Crippen LogP contribution in [0.5, 0.6) is 0 Å². The number of fused-ring (bicyclic) bond motifs is 2. The Bertz CT molecular complexity index is 1600. The van der Waals surface area contributed by atoms with Gasteiger partial charge in [-0.15, -0.1) is 0 Å². The minimum atomic E-state index is -2.94. The number of nitrogens with zero attached hydrogens (tertiary/aromatic N) is 4. The van der Waals surface area contributed by atoms with E-state index in [-0.39, 0.29) is 43.7 Å². The van der Waals surface area contributed by atoms with Gasteiger partial charge in [-0.1, -0.05) is 23.4 Å². The van der Waals surface area contributed by atoms with Crippen LogP contribution < -0.4 is 5.32 Å². The first kappa shape index (κ1) is 28.0. The quantitative estimate of drug-likeness (QED) is 0.448. The van der Waals surface area contributed by atoms with Gasteiger partial charge in [0.25, 0.3) is 11.8 Å². The van der Waals surface area contributed by atoms with Crippen LogP contribution in [0.3, 0.4) is 0 Å². The molecule has 4 aliphatic heterocycles. The number of nitrogens with one attached hydrogen (secondary N) is 1. The fourth-order valence-corrected chi connectivity index (χ4v) is 7.36. The van der Waals surface area contributed by atoms with Gasteiger partial charge in [0.05, 0.1) is 18.3 Å². The van der Waals surface area contributed by atoms with Crippen molar-refractivity contribution in [2.75, 3.05) is 26.2 Å². The highest BCUT2D eigenvalue weighted by molar-refractivity contribution is 6.06. The lowest BCUT2D eigenvalue weighted by Crippen LogP contribution is -2.59. The fraction of sp³-hybridized carbons (Fsp3) is 0.484. The molecule has 3 saturated heterocycles. The molecular weight excluding hydrogens is 563 g/mol. The third kappa shape index (κ3) is 5.10. The van der Waals surface area contributed by atoms with E-state index in [1.807, 2.05) is 17.0 Å². The molecule has 0 bridgehead atoms. The first-order valence-electron chi connectivity index (χ1n) is 14.8. The number of likely N-dealkylation sites (tertiary alicyclic amines) is 2. The first-order valence-corrected chi connectivity index (χ1v) is 14.8. The zero-order valence-electron chi connectivity index (χ0n) is 23.5. The minimum Gasteiger partial charge on any atom is -0.356 e. The van der Waals surface area contributed by atoms with Gasteiger partial charge in [0.2, 0.25) is 11.8 Å². The van der Waals surface area contributed by atoms with Crippen molar-refractivity contribution >= 4 is 28.7 Å². The summed E-state index contributed by atoms with van der Waals surface area (Å²) >= 11 is 0. The van der Waals surface area contributed by atoms with Crippen molar-refractivity contribution in [2.45, 2.75) is 69.1 Å². The van der Waals surface area contributed by atoms with E-state index in [0.29, 0.717) is 55.6 Å². The molecule has 1 N–H and O–H groups in total. The standard InChI is InChI=1S/C31H32F3N5O4/c32-21-4-5-22-24(14-21)43-36-28(22)18-8-12-38(13-9-18)25-10-11-37(17-31(25,33)34)15-19-2-1-3-20-16-39(30(42)27(19)20)23-6-7-26(40)35-29(23)41/h1-5,14,18,23,25H,6-13,15-17H2,(H,35,40,41). The molecule has 3 fully saturated rings. The van der Waals surface area contributed by atoms with Crippen molar-refractivity contribution in [3.8, 4) is 0 Å². The van der Waals surface area contributed by atoms with Gasteiger partial charge >= 0.3 is 0 Å². The van der Waals surface area contributed by atoms with Crippen molar-refractivity contribution in [1.29, 1.82) is 0 Å². The molecule has 0 spiro atoms. The second kappa shape index (κ2) is 10.7. The molecule has 0 radical (unpaired) electrons. The summed E-state index contributed by atoms with van der Waals surface area (Å²) in [6.07, 6.45) is 2.07. The Hall–Kier alpha value is -3.77. The van der Waals surface area contributed by atoms with Gasteiger partial charge in [-0.2, -0.15) is 0 Å². The smallest absolute Gasteiger partial charge is 0.275 e. The predicted octanol–water partition coefficient (Wildman–Crippen LogP) is 3.82. The number of benzene rings is 2. The summed E-state index contributed by atoms with van der Waals surface area (Å²) in [6, 6.07) is 8.19. The number of alkyl halides is 2. The number of hydrogen-bond donors (Lipinski definition) is 1. The van der Waals surface area contributed by atoms with Crippen molar-refractivity contribution in [1.82, 2.24) is 25.2 Å². The second-order valence-corrected chi connectivity index (χ2v) is 12.1. The molecule has 43 heavy (non-hydrogen) atoms. The fourth-order valence-electron chi connectivity index (χ4n) is 7.36. The van der Waals surface area contributed by atoms with Gasteiger partial charge < -0.3 is 9.42 Å². The summed E-state index contributed by atoms with van der Waals surface area (Å²) in [5.74, 6) is -4.39. The molecule has 0 aliphatic carbocycles. The largest absolute Gasteiger partial charge is 0.356 e. The Morgan fingerprint density at radius 3 is 2.60 bits per heavy atom. The number of amides is 3. The third-order valence-electron chi connectivity index (χ3n) is 9.49. The molecule has 7 rings (SSSR count). The van der Waals surface area contributed by atoms with Gasteiger partial charge in [-0.3, -0.25) is 29.5 Å². The lowest BCUT2D eigenvalue weighted by atomic mass is 9.89. The highest BCUT2D eigenvalue weighted by Gasteiger charge is 2.48. The number of carbonyl (C=O) groups is 3. The molecule has 2 unspecified atom stereocenters. The zero-order valence-corrected chi connectivity index (χ0v) is 23.5. The Kier molecular flexibility index (Phi) is 7.00. The Balaban J connectivity index is 0.990. The third-order valence-corrected chi connectivity index (χ3v) is 9.49. The molecule has 0 saturated carbocycles. The SMILES string of the molecule is O=C1CCC(N2Cc3cccc(CN4CCC(N5CCC(c6noc7cc(F)ccc67)CC5)C(F)(F)C4)c3C2=O)C(=O)N1. The van der Waals surface area contributed by atoms with Crippen LogP contribution in [0.25, 0.3) is 11.0 Å². The summed E-state index contributed by atoms with van der Waals surface area (Å²) in [5, 5.41) is 7.24. The van der Waals surface area contributed by atoms with Crippen LogP contribution in [-0.4, -0.2) is 81.8 Å². The van der Waals surface area contributed by atoms with E-state index >= 15 is 8.78 Å². The highest BCUT2D eigenvalue weighted by atomic mass is 19.3. The number of carbonyl (C=O) groups excluding carboxylic acids is 3. The van der Waals surface area contributed by atoms with Gasteiger partial charge in [0.1, 0.15) is 11.9 Å². The lowest BCUT2D eigenvalue weighted by Gasteiger charge is -2.45. The first-order chi connectivity index (χ1) is 20.7. The van der Waals surface area contributed by atoms with Crippen molar-refractivity contribution in [3.63, 3.8) is 0 Å². The van der Waals surface area contributed by atoms with E-state index in [0.717, 1.165) is 16.6 Å². The maximum Gasteiger partial charge on any atom is 0.275 e. The number of aromatic nitrogens is 1. The molecule has 2 aromatic carbocycles. The minimum absolute atomic E-state index is 0.0640. The van der Waals surface area contributed by atoms with Crippen LogP contribution in [0.15, 0.2) is 40.9 Å². The maximum atomic E-state index is 15.7. The number of rotatable bonds is 5. The Labute approximate surface area is 245 Å². The van der Waals surface area contributed by atoms with Crippen molar-refractivity contribution < 1.29 is 32.1 Å². The van der Waals surface area contributed by atoms with Gasteiger partial charge in [-0.05, 0) is 62.0 Å². The van der Waals surface area contributed by atoms with Crippen molar-refractivity contribution in [2.24, 2.45) is 0 Å². The molecule has 3 amide bonds. The van der Waals surface area contributed by atoms with Crippen molar-refractivity contribution in [3.05, 3.63) is 64.6 Å². The lowest BCUT2D eigenvalue weighted by molar-refractivity contribution is -0.137. The second-order valence-electron chi connectivity index (χ2n) is 12.1. The molecule has 226 valence electrons. The van der Waals surface area contributed by atoms with E-state index in [1.54, 1.807) is 17.0 Å². The molecule has 4 aliphatic rings. The van der Waals surface area contributed by atoms with Crippen LogP contribution in [-0.2, 0) is 22.7 Å². The zero-order chi connectivity index (χ0) is 29.9. The Morgan fingerprint density at radius 1 is 1.02 bits per heavy atom. The topological polar surface area (TPSA) is 99.0 Å². The van der Waals surface area contributed by atoms with Crippen LogP contribution in [0, 0.1) is 5.82 Å². The maximum absolute atomic E-state index is 15.7. The normalized spacial score (nSPS) is 25.4. The van der Waals surface area contributed by atoms with Gasteiger partial charge in [0, 0.05) is 49.0 Å². The van der Waals surface area contributed by atoms with Gasteiger partial charge in [-0.25, -0.2) is 13.2 Å². The van der Waals surface area contributed by atoms with E-state index in [2.05, 4.69) is 10.5 Å². The summed E-state index contributed by atoms with van der Waals surface area (Å²) < 4.78 is 50.2. The van der Waals surface area contributed by atoms with Crippen LogP contribution >= 0.6 is 0 Å². The van der Waals surface area contributed by atoms with E-state index < -0.39 is 36.3 Å². The highest BCUT2D eigenvalue weighted by Crippen LogP contribution is 2.38. The number of piperidine rings is 3. The molecular formula is C31H32F3N5O4. The average Bonchev–Trinajstić information content (AvgIpc) is 3.54. The monoisotopic (exact) mass is 595 g/mol. The average molecular weight is 596 g/mol. The molecule has 12 heteroatoms. The number of imide groups is 1. The molecule has 3 aromatic rings. The predicted molar refractivity (Wildman–Crippen MR) is 149 cm³/mol. The summed E-state index contributed by atoms with van der Waals surface area (Å²) in [5.41, 5.74) is 3.07. The van der Waals surface area contributed by atoms with Crippen LogP contribution in [0.2, 0.25) is 0 Å².